The smallest absolute Gasteiger partial charge is 0.411 e. The van der Waals surface area contributed by atoms with Crippen LogP contribution in [0, 0.1) is 11.8 Å². The quantitative estimate of drug-likeness (QED) is 0.655. The molecule has 1 saturated heterocycles. The van der Waals surface area contributed by atoms with Gasteiger partial charge in [-0.3, -0.25) is 0 Å². The van der Waals surface area contributed by atoms with E-state index in [1.54, 1.807) is 6.92 Å². The zero-order valence-corrected chi connectivity index (χ0v) is 11.2. The maximum absolute atomic E-state index is 12.0. The molecule has 3 heteroatoms. The topological polar surface area (TPSA) is 29.5 Å². The van der Waals surface area contributed by atoms with E-state index in [0.717, 1.165) is 25.9 Å². The van der Waals surface area contributed by atoms with E-state index in [2.05, 4.69) is 11.8 Å². The highest BCUT2D eigenvalue weighted by Crippen LogP contribution is 2.15. The van der Waals surface area contributed by atoms with Gasteiger partial charge >= 0.3 is 6.09 Å². The van der Waals surface area contributed by atoms with Crippen molar-refractivity contribution < 1.29 is 9.53 Å². The molecule has 3 nitrogen and oxygen atoms in total. The van der Waals surface area contributed by atoms with E-state index in [4.69, 9.17) is 4.74 Å². The highest BCUT2D eigenvalue weighted by atomic mass is 16.6. The van der Waals surface area contributed by atoms with Crippen LogP contribution in [0.1, 0.15) is 52.9 Å². The van der Waals surface area contributed by atoms with Gasteiger partial charge in [-0.2, -0.15) is 0 Å². The van der Waals surface area contributed by atoms with Crippen LogP contribution in [0.5, 0.6) is 0 Å². The SMILES string of the molecule is CC#CC(C)(C)OC(=O)N1CCCCCCC1. The Hall–Kier alpha value is -1.17. The summed E-state index contributed by atoms with van der Waals surface area (Å²) >= 11 is 0. The lowest BCUT2D eigenvalue weighted by atomic mass is 10.1. The first kappa shape index (κ1) is 13.9. The van der Waals surface area contributed by atoms with Crippen LogP contribution in [0.3, 0.4) is 0 Å². The lowest BCUT2D eigenvalue weighted by molar-refractivity contribution is 0.0443. The van der Waals surface area contributed by atoms with Crippen molar-refractivity contribution in [3.05, 3.63) is 0 Å². The molecular weight excluding hydrogens is 214 g/mol. The largest absolute Gasteiger partial charge is 0.430 e. The second-order valence-electron chi connectivity index (χ2n) is 5.01. The molecule has 96 valence electrons. The second-order valence-corrected chi connectivity index (χ2v) is 5.01. The average molecular weight is 237 g/mol. The number of carbonyl (C=O) groups excluding carboxylic acids is 1. The van der Waals surface area contributed by atoms with Gasteiger partial charge in [-0.15, -0.1) is 5.92 Å². The highest BCUT2D eigenvalue weighted by molar-refractivity contribution is 5.68. The van der Waals surface area contributed by atoms with Crippen molar-refractivity contribution in [1.82, 2.24) is 4.90 Å². The van der Waals surface area contributed by atoms with Crippen molar-refractivity contribution in [2.24, 2.45) is 0 Å². The van der Waals surface area contributed by atoms with Gasteiger partial charge in [-0.05, 0) is 33.6 Å². The van der Waals surface area contributed by atoms with E-state index in [1.807, 2.05) is 18.7 Å². The zero-order valence-electron chi connectivity index (χ0n) is 11.2. The monoisotopic (exact) mass is 237 g/mol. The van der Waals surface area contributed by atoms with Crippen LogP contribution in [0.2, 0.25) is 0 Å². The first-order valence-electron chi connectivity index (χ1n) is 6.47. The first-order valence-corrected chi connectivity index (χ1v) is 6.47. The Morgan fingerprint density at radius 3 is 2.18 bits per heavy atom. The Labute approximate surface area is 105 Å². The van der Waals surface area contributed by atoms with E-state index >= 15 is 0 Å². The molecule has 1 heterocycles. The molecule has 0 radical (unpaired) electrons. The van der Waals surface area contributed by atoms with Crippen molar-refractivity contribution >= 4 is 6.09 Å². The van der Waals surface area contributed by atoms with Crippen LogP contribution in [-0.4, -0.2) is 29.7 Å². The van der Waals surface area contributed by atoms with Crippen LogP contribution in [-0.2, 0) is 4.74 Å². The summed E-state index contributed by atoms with van der Waals surface area (Å²) in [5.41, 5.74) is -0.686. The minimum atomic E-state index is -0.686. The number of amides is 1. The second kappa shape index (κ2) is 6.54. The number of carbonyl (C=O) groups is 1. The molecule has 1 rings (SSSR count). The third-order valence-corrected chi connectivity index (χ3v) is 2.88. The molecule has 0 aromatic heterocycles. The summed E-state index contributed by atoms with van der Waals surface area (Å²) in [7, 11) is 0. The highest BCUT2D eigenvalue weighted by Gasteiger charge is 2.24. The van der Waals surface area contributed by atoms with E-state index < -0.39 is 5.60 Å². The molecule has 0 unspecified atom stereocenters. The lowest BCUT2D eigenvalue weighted by Crippen LogP contribution is -2.39. The average Bonchev–Trinajstić information content (AvgIpc) is 2.14. The van der Waals surface area contributed by atoms with Gasteiger partial charge in [0.05, 0.1) is 0 Å². The molecule has 0 atom stereocenters. The van der Waals surface area contributed by atoms with Gasteiger partial charge in [0.15, 0.2) is 5.60 Å². The third-order valence-electron chi connectivity index (χ3n) is 2.88. The number of hydrogen-bond donors (Lipinski definition) is 0. The van der Waals surface area contributed by atoms with Crippen molar-refractivity contribution in [3.63, 3.8) is 0 Å². The number of nitrogens with zero attached hydrogens (tertiary/aromatic N) is 1. The van der Waals surface area contributed by atoms with Gasteiger partial charge in [-0.25, -0.2) is 4.79 Å². The van der Waals surface area contributed by atoms with Gasteiger partial charge in [0, 0.05) is 13.1 Å². The van der Waals surface area contributed by atoms with Crippen LogP contribution < -0.4 is 0 Å². The Morgan fingerprint density at radius 2 is 1.65 bits per heavy atom. The molecular formula is C14H23NO2. The summed E-state index contributed by atoms with van der Waals surface area (Å²) in [5, 5.41) is 0. The fraction of sp³-hybridized carbons (Fsp3) is 0.786. The van der Waals surface area contributed by atoms with Crippen molar-refractivity contribution in [2.75, 3.05) is 13.1 Å². The molecule has 0 N–H and O–H groups in total. The minimum Gasteiger partial charge on any atom is -0.430 e. The predicted octanol–water partition coefficient (Wildman–Crippen LogP) is 3.19. The minimum absolute atomic E-state index is 0.223. The maximum atomic E-state index is 12.0. The van der Waals surface area contributed by atoms with Crippen molar-refractivity contribution in [3.8, 4) is 11.8 Å². The number of ether oxygens (including phenoxy) is 1. The molecule has 0 aliphatic carbocycles. The van der Waals surface area contributed by atoms with Crippen LogP contribution in [0.4, 0.5) is 4.79 Å². The van der Waals surface area contributed by atoms with E-state index in [0.29, 0.717) is 0 Å². The van der Waals surface area contributed by atoms with Crippen molar-refractivity contribution in [2.45, 2.75) is 58.5 Å². The van der Waals surface area contributed by atoms with Gasteiger partial charge in [-0.1, -0.05) is 25.2 Å². The molecule has 17 heavy (non-hydrogen) atoms. The van der Waals surface area contributed by atoms with E-state index in [1.165, 1.54) is 19.3 Å². The fourth-order valence-electron chi connectivity index (χ4n) is 2.04. The molecule has 0 aromatic rings. The molecule has 0 spiro atoms. The summed E-state index contributed by atoms with van der Waals surface area (Å²) in [6.45, 7) is 7.03. The van der Waals surface area contributed by atoms with Gasteiger partial charge in [0.1, 0.15) is 0 Å². The molecule has 1 aliphatic heterocycles. The molecule has 0 saturated carbocycles. The molecule has 1 fully saturated rings. The Balaban J connectivity index is 2.51. The predicted molar refractivity (Wildman–Crippen MR) is 68.7 cm³/mol. The molecule has 1 aliphatic rings. The van der Waals surface area contributed by atoms with E-state index in [-0.39, 0.29) is 6.09 Å². The van der Waals surface area contributed by atoms with Crippen LogP contribution in [0.15, 0.2) is 0 Å². The summed E-state index contributed by atoms with van der Waals surface area (Å²) in [6, 6.07) is 0. The summed E-state index contributed by atoms with van der Waals surface area (Å²) in [5.74, 6) is 5.69. The normalized spacial score (nSPS) is 17.5. The summed E-state index contributed by atoms with van der Waals surface area (Å²) < 4.78 is 5.43. The lowest BCUT2D eigenvalue weighted by Gasteiger charge is -2.28. The molecule has 0 aromatic carbocycles. The summed E-state index contributed by atoms with van der Waals surface area (Å²) in [6.07, 6.45) is 5.64. The third kappa shape index (κ3) is 5.12. The van der Waals surface area contributed by atoms with Gasteiger partial charge < -0.3 is 9.64 Å². The van der Waals surface area contributed by atoms with Crippen LogP contribution >= 0.6 is 0 Å². The van der Waals surface area contributed by atoms with Gasteiger partial charge in [0.2, 0.25) is 0 Å². The fourth-order valence-corrected chi connectivity index (χ4v) is 2.04. The Kier molecular flexibility index (Phi) is 5.34. The molecule has 0 bridgehead atoms. The Bertz CT molecular complexity index is 304. The standard InChI is InChI=1S/C14H23NO2/c1-4-10-14(2,3)17-13(16)15-11-8-6-5-7-9-12-15/h5-9,11-12H2,1-3H3. The van der Waals surface area contributed by atoms with Gasteiger partial charge in [0.25, 0.3) is 0 Å². The molecule has 1 amide bonds. The maximum Gasteiger partial charge on any atom is 0.411 e. The summed E-state index contributed by atoms with van der Waals surface area (Å²) in [4.78, 5) is 13.8. The first-order chi connectivity index (χ1) is 8.05. The number of likely N-dealkylation sites (tertiary alicyclic amines) is 1. The van der Waals surface area contributed by atoms with Crippen LogP contribution in [0.25, 0.3) is 0 Å². The number of hydrogen-bond acceptors (Lipinski definition) is 2. The van der Waals surface area contributed by atoms with E-state index in [9.17, 15) is 4.79 Å². The number of rotatable bonds is 1. The van der Waals surface area contributed by atoms with Crippen molar-refractivity contribution in [1.29, 1.82) is 0 Å². The Morgan fingerprint density at radius 1 is 1.12 bits per heavy atom. The zero-order chi connectivity index (χ0) is 12.7.